The average Bonchev–Trinajstić information content (AvgIpc) is 2.58. The zero-order valence-corrected chi connectivity index (χ0v) is 9.88. The largest absolute Gasteiger partial charge is 0.329 e. The third kappa shape index (κ3) is 2.30. The highest BCUT2D eigenvalue weighted by Gasteiger charge is 2.07. The van der Waals surface area contributed by atoms with Crippen LogP contribution in [-0.2, 0) is 7.05 Å². The van der Waals surface area contributed by atoms with E-state index < -0.39 is 0 Å². The Kier molecular flexibility index (Phi) is 2.93. The predicted molar refractivity (Wildman–Crippen MR) is 59.1 cm³/mol. The first kappa shape index (κ1) is 10.4. The Balaban J connectivity index is 2.32. The Morgan fingerprint density at radius 1 is 1.40 bits per heavy atom. The second-order valence-electron chi connectivity index (χ2n) is 3.05. The van der Waals surface area contributed by atoms with Crippen molar-refractivity contribution in [3.63, 3.8) is 0 Å². The van der Waals surface area contributed by atoms with Gasteiger partial charge < -0.3 is 4.57 Å². The summed E-state index contributed by atoms with van der Waals surface area (Å²) in [6, 6.07) is 0. The molecule has 0 spiro atoms. The molecule has 0 aliphatic rings. The van der Waals surface area contributed by atoms with Gasteiger partial charge >= 0.3 is 0 Å². The molecule has 0 unspecified atom stereocenters. The summed E-state index contributed by atoms with van der Waals surface area (Å²) in [5.41, 5.74) is 0.993. The van der Waals surface area contributed by atoms with E-state index in [1.54, 1.807) is 12.4 Å². The van der Waals surface area contributed by atoms with Crippen molar-refractivity contribution in [2.45, 2.75) is 17.1 Å². The van der Waals surface area contributed by atoms with Gasteiger partial charge in [0.2, 0.25) is 5.28 Å². The molecule has 2 aromatic rings. The molecule has 0 radical (unpaired) electrons. The molecule has 0 aromatic carbocycles. The Labute approximate surface area is 96.7 Å². The van der Waals surface area contributed by atoms with Crippen LogP contribution in [0.1, 0.15) is 5.56 Å². The third-order valence-corrected chi connectivity index (χ3v) is 3.23. The normalized spacial score (nSPS) is 10.6. The molecule has 0 aliphatic carbocycles. The van der Waals surface area contributed by atoms with E-state index in [1.165, 1.54) is 11.8 Å². The summed E-state index contributed by atoms with van der Waals surface area (Å²) in [5, 5.41) is 1.98. The molecule has 78 valence electrons. The molecule has 0 saturated carbocycles. The molecule has 2 heterocycles. The molecular formula is C9H9ClN4S. The Hall–Kier alpha value is -1.07. The Bertz CT molecular complexity index is 483. The van der Waals surface area contributed by atoms with E-state index in [1.807, 2.05) is 24.7 Å². The Morgan fingerprint density at radius 3 is 2.87 bits per heavy atom. The molecule has 0 bridgehead atoms. The highest BCUT2D eigenvalue weighted by atomic mass is 35.5. The first-order valence-electron chi connectivity index (χ1n) is 4.31. The van der Waals surface area contributed by atoms with Crippen LogP contribution in [0.4, 0.5) is 0 Å². The van der Waals surface area contributed by atoms with E-state index in [0.29, 0.717) is 0 Å². The van der Waals surface area contributed by atoms with Crippen LogP contribution < -0.4 is 0 Å². The lowest BCUT2D eigenvalue weighted by Crippen LogP contribution is -1.93. The Morgan fingerprint density at radius 2 is 2.20 bits per heavy atom. The zero-order chi connectivity index (χ0) is 10.8. The molecule has 2 rings (SSSR count). The van der Waals surface area contributed by atoms with Gasteiger partial charge in [0, 0.05) is 31.2 Å². The van der Waals surface area contributed by atoms with Crippen molar-refractivity contribution in [2.24, 2.45) is 7.05 Å². The SMILES string of the molecule is Cc1cnc(Cl)nc1Sc1nccn1C. The fourth-order valence-electron chi connectivity index (χ4n) is 1.05. The maximum Gasteiger partial charge on any atom is 0.223 e. The third-order valence-electron chi connectivity index (χ3n) is 1.86. The average molecular weight is 241 g/mol. The number of aryl methyl sites for hydroxylation is 2. The summed E-state index contributed by atoms with van der Waals surface area (Å²) in [7, 11) is 1.94. The minimum atomic E-state index is 0.261. The standard InChI is InChI=1S/C9H9ClN4S/c1-6-5-12-8(10)13-7(6)15-9-11-3-4-14(9)2/h3-5H,1-2H3. The van der Waals surface area contributed by atoms with Gasteiger partial charge in [0.15, 0.2) is 5.16 Å². The smallest absolute Gasteiger partial charge is 0.223 e. The lowest BCUT2D eigenvalue weighted by atomic mass is 10.4. The number of nitrogens with zero attached hydrogens (tertiary/aromatic N) is 4. The summed E-state index contributed by atoms with van der Waals surface area (Å²) in [6.07, 6.45) is 5.35. The quantitative estimate of drug-likeness (QED) is 0.597. The van der Waals surface area contributed by atoms with Crippen molar-refractivity contribution in [3.8, 4) is 0 Å². The van der Waals surface area contributed by atoms with Crippen LogP contribution in [-0.4, -0.2) is 19.5 Å². The highest BCUT2D eigenvalue weighted by molar-refractivity contribution is 7.99. The van der Waals surface area contributed by atoms with Gasteiger partial charge in [-0.25, -0.2) is 15.0 Å². The van der Waals surface area contributed by atoms with Crippen LogP contribution in [0, 0.1) is 6.92 Å². The van der Waals surface area contributed by atoms with Crippen molar-refractivity contribution < 1.29 is 0 Å². The van der Waals surface area contributed by atoms with E-state index in [9.17, 15) is 0 Å². The van der Waals surface area contributed by atoms with Gasteiger partial charge in [0.05, 0.1) is 0 Å². The van der Waals surface area contributed by atoms with Gasteiger partial charge in [-0.3, -0.25) is 0 Å². The zero-order valence-electron chi connectivity index (χ0n) is 8.31. The molecule has 0 amide bonds. The van der Waals surface area contributed by atoms with Gasteiger partial charge in [0.25, 0.3) is 0 Å². The van der Waals surface area contributed by atoms with Gasteiger partial charge in [0.1, 0.15) is 5.03 Å². The van der Waals surface area contributed by atoms with Crippen LogP contribution in [0.2, 0.25) is 5.28 Å². The molecule has 15 heavy (non-hydrogen) atoms. The molecule has 0 saturated heterocycles. The van der Waals surface area contributed by atoms with Gasteiger partial charge in [-0.2, -0.15) is 0 Å². The molecule has 0 fully saturated rings. The summed E-state index contributed by atoms with van der Waals surface area (Å²) in [4.78, 5) is 12.3. The van der Waals surface area contributed by atoms with E-state index >= 15 is 0 Å². The highest BCUT2D eigenvalue weighted by Crippen LogP contribution is 2.26. The number of hydrogen-bond acceptors (Lipinski definition) is 4. The molecule has 6 heteroatoms. The van der Waals surface area contributed by atoms with Crippen molar-refractivity contribution in [1.29, 1.82) is 0 Å². The minimum absolute atomic E-state index is 0.261. The number of aromatic nitrogens is 4. The van der Waals surface area contributed by atoms with Gasteiger partial charge in [-0.1, -0.05) is 0 Å². The van der Waals surface area contributed by atoms with Crippen LogP contribution >= 0.6 is 23.4 Å². The maximum absolute atomic E-state index is 5.73. The summed E-state index contributed by atoms with van der Waals surface area (Å²) >= 11 is 7.21. The van der Waals surface area contributed by atoms with E-state index in [0.717, 1.165) is 15.7 Å². The minimum Gasteiger partial charge on any atom is -0.329 e. The number of imidazole rings is 1. The van der Waals surface area contributed by atoms with E-state index in [2.05, 4.69) is 15.0 Å². The van der Waals surface area contributed by atoms with Gasteiger partial charge in [-0.05, 0) is 30.3 Å². The summed E-state index contributed by atoms with van der Waals surface area (Å²) in [5.74, 6) is 0. The maximum atomic E-state index is 5.73. The van der Waals surface area contributed by atoms with Crippen molar-refractivity contribution in [2.75, 3.05) is 0 Å². The number of hydrogen-bond donors (Lipinski definition) is 0. The predicted octanol–water partition coefficient (Wildman–Crippen LogP) is 2.32. The first-order chi connectivity index (χ1) is 7.16. The van der Waals surface area contributed by atoms with E-state index in [4.69, 9.17) is 11.6 Å². The summed E-state index contributed by atoms with van der Waals surface area (Å²) in [6.45, 7) is 1.95. The number of rotatable bonds is 2. The van der Waals surface area contributed by atoms with Crippen LogP contribution in [0.5, 0.6) is 0 Å². The second-order valence-corrected chi connectivity index (χ2v) is 4.34. The van der Waals surface area contributed by atoms with Crippen molar-refractivity contribution in [3.05, 3.63) is 29.4 Å². The fourth-order valence-corrected chi connectivity index (χ4v) is 2.07. The molecular weight excluding hydrogens is 232 g/mol. The lowest BCUT2D eigenvalue weighted by Gasteiger charge is -2.03. The molecule has 0 atom stereocenters. The van der Waals surface area contributed by atoms with E-state index in [-0.39, 0.29) is 5.28 Å². The monoisotopic (exact) mass is 240 g/mol. The van der Waals surface area contributed by atoms with Gasteiger partial charge in [-0.15, -0.1) is 0 Å². The second kappa shape index (κ2) is 4.20. The molecule has 0 aliphatic heterocycles. The van der Waals surface area contributed by atoms with Crippen molar-refractivity contribution >= 4 is 23.4 Å². The van der Waals surface area contributed by atoms with Crippen LogP contribution in [0.3, 0.4) is 0 Å². The van der Waals surface area contributed by atoms with Crippen molar-refractivity contribution in [1.82, 2.24) is 19.5 Å². The van der Waals surface area contributed by atoms with Crippen LogP contribution in [0.25, 0.3) is 0 Å². The molecule has 4 nitrogen and oxygen atoms in total. The lowest BCUT2D eigenvalue weighted by molar-refractivity contribution is 0.787. The first-order valence-corrected chi connectivity index (χ1v) is 5.50. The number of halogens is 1. The topological polar surface area (TPSA) is 43.6 Å². The molecule has 2 aromatic heterocycles. The van der Waals surface area contributed by atoms with Crippen LogP contribution in [0.15, 0.2) is 28.8 Å². The molecule has 0 N–H and O–H groups in total. The fraction of sp³-hybridized carbons (Fsp3) is 0.222. The summed E-state index contributed by atoms with van der Waals surface area (Å²) < 4.78 is 1.93.